The second-order valence-corrected chi connectivity index (χ2v) is 2.90. The lowest BCUT2D eigenvalue weighted by atomic mass is 10.2. The fraction of sp³-hybridized carbons (Fsp3) is 0.250. The third-order valence-corrected chi connectivity index (χ3v) is 1.79. The summed E-state index contributed by atoms with van der Waals surface area (Å²) in [5.41, 5.74) is 1.17. The van der Waals surface area contributed by atoms with Crippen LogP contribution in [0.15, 0.2) is 18.2 Å². The minimum Gasteiger partial charge on any atom is -0.496 e. The van der Waals surface area contributed by atoms with Gasteiger partial charge in [0.1, 0.15) is 5.75 Å². The fourth-order valence-corrected chi connectivity index (χ4v) is 1.08. The van der Waals surface area contributed by atoms with E-state index in [0.29, 0.717) is 0 Å². The summed E-state index contributed by atoms with van der Waals surface area (Å²) in [6, 6.07) is 6.09. The maximum atomic E-state index is 5.11. The molecule has 0 amide bonds. The molecule has 1 atom stereocenters. The summed E-state index contributed by atoms with van der Waals surface area (Å²) in [5, 5.41) is 1.16. The molecule has 0 N–H and O–H groups in total. The van der Waals surface area contributed by atoms with Gasteiger partial charge in [-0.05, 0) is 23.9 Å². The lowest BCUT2D eigenvalue weighted by Crippen LogP contribution is -1.93. The van der Waals surface area contributed by atoms with Gasteiger partial charge in [0, 0.05) is 0 Å². The van der Waals surface area contributed by atoms with Gasteiger partial charge in [-0.1, -0.05) is 12.1 Å². The highest BCUT2D eigenvalue weighted by Gasteiger charge is 1.95. The van der Waals surface area contributed by atoms with Crippen LogP contribution in [0.3, 0.4) is 0 Å². The molecule has 0 aliphatic carbocycles. The van der Waals surface area contributed by atoms with Crippen molar-refractivity contribution in [3.8, 4) is 5.75 Å². The summed E-state index contributed by atoms with van der Waals surface area (Å²) in [6.45, 7) is 2.03. The molecule has 0 saturated carbocycles. The van der Waals surface area contributed by atoms with Crippen molar-refractivity contribution in [2.75, 3.05) is 7.11 Å². The molecule has 10 heavy (non-hydrogen) atoms. The number of hydrogen-bond acceptors (Lipinski definition) is 1. The summed E-state index contributed by atoms with van der Waals surface area (Å²) in [7, 11) is 4.32. The van der Waals surface area contributed by atoms with Crippen LogP contribution in [0.5, 0.6) is 5.75 Å². The van der Waals surface area contributed by atoms with Gasteiger partial charge in [-0.3, -0.25) is 0 Å². The van der Waals surface area contributed by atoms with Crippen molar-refractivity contribution in [1.82, 2.24) is 0 Å². The molecule has 54 valence electrons. The minimum atomic E-state index is 0.951. The number of rotatable bonds is 1. The van der Waals surface area contributed by atoms with E-state index in [1.165, 1.54) is 5.56 Å². The van der Waals surface area contributed by atoms with Crippen molar-refractivity contribution in [3.63, 3.8) is 0 Å². The summed E-state index contributed by atoms with van der Waals surface area (Å²) >= 11 is 0. The molecule has 0 spiro atoms. The second kappa shape index (κ2) is 3.03. The Morgan fingerprint density at radius 1 is 1.40 bits per heavy atom. The molecule has 1 nitrogen and oxygen atoms in total. The largest absolute Gasteiger partial charge is 0.496 e. The topological polar surface area (TPSA) is 9.23 Å². The van der Waals surface area contributed by atoms with Crippen LogP contribution in [0.2, 0.25) is 0 Å². The maximum Gasteiger partial charge on any atom is 0.122 e. The molecule has 0 heterocycles. The highest BCUT2D eigenvalue weighted by Crippen LogP contribution is 2.14. The van der Waals surface area contributed by atoms with Crippen molar-refractivity contribution in [2.45, 2.75) is 6.92 Å². The van der Waals surface area contributed by atoms with E-state index in [4.69, 9.17) is 4.74 Å². The zero-order valence-electron chi connectivity index (χ0n) is 6.22. The van der Waals surface area contributed by atoms with E-state index >= 15 is 0 Å². The Kier molecular flexibility index (Phi) is 2.29. The van der Waals surface area contributed by atoms with Crippen LogP contribution in [-0.2, 0) is 0 Å². The lowest BCUT2D eigenvalue weighted by Gasteiger charge is -2.03. The summed E-state index contributed by atoms with van der Waals surface area (Å²) in [4.78, 5) is 0. The highest BCUT2D eigenvalue weighted by atomic mass is 31.0. The average Bonchev–Trinajstić information content (AvgIpc) is 1.94. The number of hydrogen-bond donors (Lipinski definition) is 0. The molecule has 0 aliphatic heterocycles. The van der Waals surface area contributed by atoms with Gasteiger partial charge in [0.2, 0.25) is 0 Å². The van der Waals surface area contributed by atoms with Gasteiger partial charge in [0.05, 0.1) is 7.11 Å². The summed E-state index contributed by atoms with van der Waals surface area (Å²) in [5.74, 6) is 0.951. The van der Waals surface area contributed by atoms with Gasteiger partial charge in [-0.25, -0.2) is 0 Å². The van der Waals surface area contributed by atoms with E-state index in [2.05, 4.69) is 9.24 Å². The molecule has 1 unspecified atom stereocenters. The van der Waals surface area contributed by atoms with E-state index in [-0.39, 0.29) is 0 Å². The summed E-state index contributed by atoms with van der Waals surface area (Å²) < 4.78 is 5.11. The third kappa shape index (κ3) is 1.48. The minimum absolute atomic E-state index is 0.951. The normalized spacial score (nSPS) is 9.50. The Bertz CT molecular complexity index is 233. The first-order valence-corrected chi connectivity index (χ1v) is 3.72. The second-order valence-electron chi connectivity index (χ2n) is 2.23. The first kappa shape index (κ1) is 7.56. The van der Waals surface area contributed by atoms with Crippen LogP contribution in [0, 0.1) is 6.92 Å². The smallest absolute Gasteiger partial charge is 0.122 e. The molecule has 0 bridgehead atoms. The molecule has 0 fully saturated rings. The molecular formula is C8H11OP. The molecule has 2 heteroatoms. The van der Waals surface area contributed by atoms with Crippen LogP contribution in [-0.4, -0.2) is 7.11 Å². The predicted octanol–water partition coefficient (Wildman–Crippen LogP) is 1.50. The van der Waals surface area contributed by atoms with E-state index in [1.807, 2.05) is 25.1 Å². The average molecular weight is 154 g/mol. The van der Waals surface area contributed by atoms with E-state index in [0.717, 1.165) is 11.1 Å². The third-order valence-electron chi connectivity index (χ3n) is 1.43. The Balaban J connectivity index is 3.09. The van der Waals surface area contributed by atoms with Gasteiger partial charge in [-0.15, -0.1) is 9.24 Å². The van der Waals surface area contributed by atoms with Crippen molar-refractivity contribution in [2.24, 2.45) is 0 Å². The van der Waals surface area contributed by atoms with E-state index in [1.54, 1.807) is 7.11 Å². The number of methoxy groups -OCH3 is 1. The van der Waals surface area contributed by atoms with Crippen LogP contribution in [0.25, 0.3) is 0 Å². The van der Waals surface area contributed by atoms with Crippen LogP contribution in [0.1, 0.15) is 5.56 Å². The zero-order valence-corrected chi connectivity index (χ0v) is 7.37. The lowest BCUT2D eigenvalue weighted by molar-refractivity contribution is 0.412. The Morgan fingerprint density at radius 2 is 2.10 bits per heavy atom. The molecule has 0 radical (unpaired) electrons. The Morgan fingerprint density at radius 3 is 2.60 bits per heavy atom. The van der Waals surface area contributed by atoms with Gasteiger partial charge in [0.25, 0.3) is 0 Å². The molecule has 1 rings (SSSR count). The van der Waals surface area contributed by atoms with Crippen molar-refractivity contribution < 1.29 is 4.74 Å². The van der Waals surface area contributed by atoms with Crippen molar-refractivity contribution in [1.29, 1.82) is 0 Å². The number of aryl methyl sites for hydroxylation is 1. The molecule has 0 aliphatic rings. The molecular weight excluding hydrogens is 143 g/mol. The van der Waals surface area contributed by atoms with Crippen LogP contribution in [0.4, 0.5) is 0 Å². The van der Waals surface area contributed by atoms with Crippen LogP contribution >= 0.6 is 9.24 Å². The van der Waals surface area contributed by atoms with E-state index in [9.17, 15) is 0 Å². The molecule has 0 aromatic heterocycles. The highest BCUT2D eigenvalue weighted by molar-refractivity contribution is 7.27. The Hall–Kier alpha value is -0.550. The van der Waals surface area contributed by atoms with E-state index < -0.39 is 0 Å². The quantitative estimate of drug-likeness (QED) is 0.557. The fourth-order valence-electron chi connectivity index (χ4n) is 0.837. The molecule has 0 saturated heterocycles. The van der Waals surface area contributed by atoms with Crippen molar-refractivity contribution >= 4 is 14.5 Å². The Labute approximate surface area is 63.6 Å². The van der Waals surface area contributed by atoms with Gasteiger partial charge < -0.3 is 4.74 Å². The molecule has 1 aromatic carbocycles. The maximum absolute atomic E-state index is 5.11. The summed E-state index contributed by atoms with van der Waals surface area (Å²) in [6.07, 6.45) is 0. The number of ether oxygens (including phenoxy) is 1. The van der Waals surface area contributed by atoms with Crippen molar-refractivity contribution in [3.05, 3.63) is 23.8 Å². The van der Waals surface area contributed by atoms with Gasteiger partial charge >= 0.3 is 0 Å². The van der Waals surface area contributed by atoms with Gasteiger partial charge in [-0.2, -0.15) is 0 Å². The standard InChI is InChI=1S/C8H11OP/c1-6-3-4-7(10)5-8(6)9-2/h3-5H,10H2,1-2H3. The monoisotopic (exact) mass is 154 g/mol. The molecule has 1 aromatic rings. The first-order chi connectivity index (χ1) is 4.74. The SMILES string of the molecule is COc1cc(P)ccc1C. The van der Waals surface area contributed by atoms with Crippen LogP contribution < -0.4 is 10.0 Å². The zero-order chi connectivity index (χ0) is 7.56. The first-order valence-electron chi connectivity index (χ1n) is 3.14. The van der Waals surface area contributed by atoms with Gasteiger partial charge in [0.15, 0.2) is 0 Å². The number of benzene rings is 1. The predicted molar refractivity (Wildman–Crippen MR) is 47.1 cm³/mol.